The van der Waals surface area contributed by atoms with Crippen molar-refractivity contribution in [3.63, 3.8) is 0 Å². The van der Waals surface area contributed by atoms with Crippen LogP contribution in [-0.2, 0) is 4.74 Å². The molecule has 2 aromatic heterocycles. The quantitative estimate of drug-likeness (QED) is 0.607. The second-order valence-corrected chi connectivity index (χ2v) is 9.43. The molecular formula is C24H32N6O2. The summed E-state index contributed by atoms with van der Waals surface area (Å²) in [5.74, 6) is 1.82. The summed E-state index contributed by atoms with van der Waals surface area (Å²) in [6.07, 6.45) is 3.85. The number of nitrogens with one attached hydrogen (secondary N) is 1. The summed E-state index contributed by atoms with van der Waals surface area (Å²) in [5, 5.41) is 8.71. The molecule has 0 amide bonds. The van der Waals surface area contributed by atoms with Crippen LogP contribution in [0.1, 0.15) is 33.6 Å². The van der Waals surface area contributed by atoms with E-state index in [1.54, 1.807) is 13.4 Å². The highest BCUT2D eigenvalue weighted by atomic mass is 16.5. The Labute approximate surface area is 188 Å². The molecule has 170 valence electrons. The number of hydrogen-bond acceptors (Lipinski definition) is 7. The van der Waals surface area contributed by atoms with E-state index in [0.717, 1.165) is 72.9 Å². The maximum absolute atomic E-state index is 6.16. The van der Waals surface area contributed by atoms with Crippen LogP contribution in [0.4, 0.5) is 5.82 Å². The van der Waals surface area contributed by atoms with Gasteiger partial charge in [0.2, 0.25) is 0 Å². The number of aromatic amines is 1. The lowest BCUT2D eigenvalue weighted by atomic mass is 10.1. The molecule has 1 saturated carbocycles. The van der Waals surface area contributed by atoms with Gasteiger partial charge in [0.15, 0.2) is 0 Å². The van der Waals surface area contributed by atoms with Crippen LogP contribution in [0.3, 0.4) is 0 Å². The first-order valence-corrected chi connectivity index (χ1v) is 11.4. The fourth-order valence-electron chi connectivity index (χ4n) is 4.64. The summed E-state index contributed by atoms with van der Waals surface area (Å²) < 4.78 is 11.5. The molecular weight excluding hydrogens is 404 g/mol. The highest BCUT2D eigenvalue weighted by Crippen LogP contribution is 2.40. The zero-order valence-corrected chi connectivity index (χ0v) is 19.3. The first-order chi connectivity index (χ1) is 15.5. The molecule has 5 rings (SSSR count). The lowest BCUT2D eigenvalue weighted by Crippen LogP contribution is -2.56. The van der Waals surface area contributed by atoms with E-state index < -0.39 is 0 Å². The van der Waals surface area contributed by atoms with Gasteiger partial charge in [0, 0.05) is 50.3 Å². The zero-order valence-electron chi connectivity index (χ0n) is 19.3. The number of anilines is 1. The lowest BCUT2D eigenvalue weighted by Gasteiger charge is -2.43. The number of aromatic nitrogens is 4. The number of benzene rings is 1. The normalized spacial score (nSPS) is 21.6. The van der Waals surface area contributed by atoms with Gasteiger partial charge in [0.25, 0.3) is 0 Å². The van der Waals surface area contributed by atoms with Crippen LogP contribution in [0.5, 0.6) is 5.75 Å². The van der Waals surface area contributed by atoms with Crippen LogP contribution < -0.4 is 9.64 Å². The van der Waals surface area contributed by atoms with Gasteiger partial charge in [0.1, 0.15) is 29.2 Å². The van der Waals surface area contributed by atoms with Gasteiger partial charge >= 0.3 is 0 Å². The van der Waals surface area contributed by atoms with Crippen molar-refractivity contribution in [3.05, 3.63) is 30.6 Å². The fraction of sp³-hybridized carbons (Fsp3) is 0.542. The van der Waals surface area contributed by atoms with Crippen molar-refractivity contribution in [1.29, 1.82) is 0 Å². The topological polar surface area (TPSA) is 79.4 Å². The number of nitrogens with zero attached hydrogens (tertiary/aromatic N) is 5. The summed E-state index contributed by atoms with van der Waals surface area (Å²) in [6, 6.07) is 8.97. The van der Waals surface area contributed by atoms with Crippen LogP contribution in [0.25, 0.3) is 22.3 Å². The Morgan fingerprint density at radius 3 is 2.81 bits per heavy atom. The fourth-order valence-corrected chi connectivity index (χ4v) is 4.64. The van der Waals surface area contributed by atoms with E-state index in [0.29, 0.717) is 12.1 Å². The van der Waals surface area contributed by atoms with E-state index in [9.17, 15) is 0 Å². The van der Waals surface area contributed by atoms with Gasteiger partial charge in [-0.2, -0.15) is 5.10 Å². The van der Waals surface area contributed by atoms with Crippen LogP contribution >= 0.6 is 0 Å². The molecule has 1 aliphatic carbocycles. The first-order valence-electron chi connectivity index (χ1n) is 11.4. The van der Waals surface area contributed by atoms with Crippen molar-refractivity contribution in [2.75, 3.05) is 38.3 Å². The predicted octanol–water partition coefficient (Wildman–Crippen LogP) is 3.50. The van der Waals surface area contributed by atoms with E-state index in [2.05, 4.69) is 56.8 Å². The minimum absolute atomic E-state index is 0.0146. The summed E-state index contributed by atoms with van der Waals surface area (Å²) in [5.41, 5.74) is 2.61. The second-order valence-electron chi connectivity index (χ2n) is 9.43. The van der Waals surface area contributed by atoms with Crippen LogP contribution in [-0.4, -0.2) is 76.1 Å². The van der Waals surface area contributed by atoms with Crippen molar-refractivity contribution < 1.29 is 9.47 Å². The Hall–Kier alpha value is -2.71. The number of rotatable bonds is 7. The Morgan fingerprint density at radius 1 is 1.22 bits per heavy atom. The molecule has 1 saturated heterocycles. The Bertz CT molecular complexity index is 1100. The zero-order chi connectivity index (χ0) is 22.3. The molecule has 0 bridgehead atoms. The molecule has 3 heterocycles. The first kappa shape index (κ1) is 21.2. The number of fused-ring (bicyclic) bond motifs is 1. The maximum atomic E-state index is 6.16. The van der Waals surface area contributed by atoms with E-state index in [-0.39, 0.29) is 5.60 Å². The lowest BCUT2D eigenvalue weighted by molar-refractivity contribution is 0.0678. The Balaban J connectivity index is 1.37. The van der Waals surface area contributed by atoms with Crippen molar-refractivity contribution >= 4 is 16.7 Å². The molecule has 1 N–H and O–H groups in total. The van der Waals surface area contributed by atoms with Gasteiger partial charge in [-0.05, 0) is 51.8 Å². The van der Waals surface area contributed by atoms with Gasteiger partial charge < -0.3 is 14.4 Å². The van der Waals surface area contributed by atoms with Crippen molar-refractivity contribution in [2.45, 2.75) is 51.3 Å². The Kier molecular flexibility index (Phi) is 5.51. The minimum atomic E-state index is -0.0146. The monoisotopic (exact) mass is 436 g/mol. The number of H-pyrrole nitrogens is 1. The third kappa shape index (κ3) is 4.17. The third-order valence-electron chi connectivity index (χ3n) is 6.72. The average Bonchev–Trinajstić information content (AvgIpc) is 3.36. The van der Waals surface area contributed by atoms with Crippen molar-refractivity contribution in [1.82, 2.24) is 25.1 Å². The molecule has 1 aliphatic heterocycles. The molecule has 8 heteroatoms. The van der Waals surface area contributed by atoms with Gasteiger partial charge in [-0.1, -0.05) is 0 Å². The SMILES string of the molecule is COCC(C)N1CCN(c2cc(-c3n[nH]c4ccc(OC5(C)CC5)cc34)ncn2)C[C@H]1C. The summed E-state index contributed by atoms with van der Waals surface area (Å²) >= 11 is 0. The number of ether oxygens (including phenoxy) is 2. The van der Waals surface area contributed by atoms with Crippen LogP contribution in [0.2, 0.25) is 0 Å². The van der Waals surface area contributed by atoms with Crippen LogP contribution in [0.15, 0.2) is 30.6 Å². The number of hydrogen-bond donors (Lipinski definition) is 1. The second kappa shape index (κ2) is 8.33. The molecule has 32 heavy (non-hydrogen) atoms. The van der Waals surface area contributed by atoms with Gasteiger partial charge in [-0.25, -0.2) is 9.97 Å². The largest absolute Gasteiger partial charge is 0.488 e. The van der Waals surface area contributed by atoms with E-state index in [1.165, 1.54) is 0 Å². The molecule has 2 fully saturated rings. The molecule has 0 spiro atoms. The summed E-state index contributed by atoms with van der Waals surface area (Å²) in [4.78, 5) is 14.0. The van der Waals surface area contributed by atoms with E-state index in [4.69, 9.17) is 9.47 Å². The predicted molar refractivity (Wildman–Crippen MR) is 125 cm³/mol. The molecule has 2 aliphatic rings. The molecule has 8 nitrogen and oxygen atoms in total. The van der Waals surface area contributed by atoms with Crippen LogP contribution in [0, 0.1) is 0 Å². The van der Waals surface area contributed by atoms with Gasteiger partial charge in [-0.15, -0.1) is 0 Å². The summed E-state index contributed by atoms with van der Waals surface area (Å²) in [6.45, 7) is 10.2. The molecule has 3 aromatic rings. The Morgan fingerprint density at radius 2 is 2.06 bits per heavy atom. The maximum Gasteiger partial charge on any atom is 0.132 e. The standard InChI is InChI=1S/C24H32N6O2/c1-16-13-29(9-10-30(16)17(2)14-31-4)22-12-21(25-15-26-22)23-19-11-18(32-24(3)7-8-24)5-6-20(19)27-28-23/h5-6,11-12,15-17H,7-10,13-14H2,1-4H3,(H,27,28)/t16-,17?/m1/s1. The molecule has 2 atom stereocenters. The average molecular weight is 437 g/mol. The highest BCUT2D eigenvalue weighted by molar-refractivity contribution is 5.93. The smallest absolute Gasteiger partial charge is 0.132 e. The van der Waals surface area contributed by atoms with E-state index in [1.807, 2.05) is 18.2 Å². The highest BCUT2D eigenvalue weighted by Gasteiger charge is 2.40. The molecule has 1 aromatic carbocycles. The number of methoxy groups -OCH3 is 1. The van der Waals surface area contributed by atoms with Crippen molar-refractivity contribution in [2.24, 2.45) is 0 Å². The van der Waals surface area contributed by atoms with Crippen molar-refractivity contribution in [3.8, 4) is 17.1 Å². The summed E-state index contributed by atoms with van der Waals surface area (Å²) in [7, 11) is 1.76. The van der Waals surface area contributed by atoms with E-state index >= 15 is 0 Å². The molecule has 0 radical (unpaired) electrons. The van der Waals surface area contributed by atoms with Gasteiger partial charge in [0.05, 0.1) is 17.8 Å². The minimum Gasteiger partial charge on any atom is -0.488 e. The third-order valence-corrected chi connectivity index (χ3v) is 6.72. The van der Waals surface area contributed by atoms with Gasteiger partial charge in [-0.3, -0.25) is 10.00 Å². The number of piperazine rings is 1. The molecule has 1 unspecified atom stereocenters.